The largest absolute Gasteiger partial charge is 0.426 e. The Morgan fingerprint density at radius 1 is 0.875 bits per heavy atom. The topological polar surface area (TPSA) is 18.5 Å². The Morgan fingerprint density at radius 3 is 1.56 bits per heavy atom. The summed E-state index contributed by atoms with van der Waals surface area (Å²) in [6.45, 7) is 1.10. The van der Waals surface area contributed by atoms with Crippen LogP contribution >= 0.6 is 0 Å². The van der Waals surface area contributed by atoms with Crippen LogP contribution in [0.25, 0.3) is 0 Å². The summed E-state index contributed by atoms with van der Waals surface area (Å²) in [5.74, 6) is 0. The van der Waals surface area contributed by atoms with Gasteiger partial charge >= 0.3 is 12.4 Å². The normalized spacial score (nSPS) is 14.2. The number of halogens is 6. The lowest BCUT2D eigenvalue weighted by Gasteiger charge is -2.35. The molecule has 0 fully saturated rings. The summed E-state index contributed by atoms with van der Waals surface area (Å²) in [7, 11) is 0. The first-order chi connectivity index (χ1) is 7.12. The molecule has 0 unspecified atom stereocenters. The number of alkyl halides is 6. The van der Waals surface area contributed by atoms with Crippen LogP contribution in [0.5, 0.6) is 0 Å². The van der Waals surface area contributed by atoms with Crippen molar-refractivity contribution in [2.24, 2.45) is 0 Å². The molecule has 0 radical (unpaired) electrons. The third-order valence-electron chi connectivity index (χ3n) is 2.01. The summed E-state index contributed by atoms with van der Waals surface area (Å²) in [5.41, 5.74) is -4.16. The molecule has 2 nitrogen and oxygen atoms in total. The standard InChI is InChI=1S/C8H12F6O2/c1-3-6(7(9,10)11,8(12,13)14)16-5-15-4-2/h3-5H2,1-2H3. The van der Waals surface area contributed by atoms with Crippen LogP contribution in [0.1, 0.15) is 20.3 Å². The van der Waals surface area contributed by atoms with Crippen LogP contribution in [0.4, 0.5) is 26.3 Å². The molecule has 8 heteroatoms. The van der Waals surface area contributed by atoms with Gasteiger partial charge in [0.05, 0.1) is 0 Å². The Hall–Kier alpha value is -0.500. The van der Waals surface area contributed by atoms with Crippen LogP contribution in [0, 0.1) is 0 Å². The predicted octanol–water partition coefficient (Wildman–Crippen LogP) is 3.27. The van der Waals surface area contributed by atoms with Crippen molar-refractivity contribution in [3.05, 3.63) is 0 Å². The zero-order chi connectivity index (χ0) is 13.0. The molecule has 98 valence electrons. The summed E-state index contributed by atoms with van der Waals surface area (Å²) in [4.78, 5) is 0. The minimum atomic E-state index is -5.53. The van der Waals surface area contributed by atoms with E-state index in [9.17, 15) is 26.3 Å². The maximum Gasteiger partial charge on any atom is 0.426 e. The molecule has 0 spiro atoms. The number of hydrogen-bond donors (Lipinski definition) is 0. The maximum atomic E-state index is 12.4. The second-order valence-electron chi connectivity index (χ2n) is 2.93. The maximum absolute atomic E-state index is 12.4. The highest BCUT2D eigenvalue weighted by Crippen LogP contribution is 2.47. The molecule has 0 rings (SSSR count). The molecule has 0 aliphatic rings. The minimum Gasteiger partial charge on any atom is -0.356 e. The van der Waals surface area contributed by atoms with Gasteiger partial charge in [-0.25, -0.2) is 0 Å². The Balaban J connectivity index is 5.00. The van der Waals surface area contributed by atoms with Gasteiger partial charge in [0.2, 0.25) is 0 Å². The van der Waals surface area contributed by atoms with E-state index in [0.29, 0.717) is 0 Å². The predicted molar refractivity (Wildman–Crippen MR) is 42.7 cm³/mol. The van der Waals surface area contributed by atoms with Crippen LogP contribution in [-0.4, -0.2) is 31.4 Å². The van der Waals surface area contributed by atoms with Crippen molar-refractivity contribution in [2.45, 2.75) is 38.2 Å². The van der Waals surface area contributed by atoms with Gasteiger partial charge in [-0.05, 0) is 13.3 Å². The molecule has 16 heavy (non-hydrogen) atoms. The lowest BCUT2D eigenvalue weighted by Crippen LogP contribution is -2.58. The van der Waals surface area contributed by atoms with E-state index in [1.807, 2.05) is 0 Å². The molecule has 0 aliphatic carbocycles. The van der Waals surface area contributed by atoms with Gasteiger partial charge in [0.1, 0.15) is 6.79 Å². The summed E-state index contributed by atoms with van der Waals surface area (Å²) in [6.07, 6.45) is -12.3. The fraction of sp³-hybridized carbons (Fsp3) is 1.00. The van der Waals surface area contributed by atoms with Crippen LogP contribution in [0.3, 0.4) is 0 Å². The molecule has 0 amide bonds. The molecule has 0 aromatic carbocycles. The van der Waals surface area contributed by atoms with Crippen LogP contribution < -0.4 is 0 Å². The van der Waals surface area contributed by atoms with E-state index in [1.54, 1.807) is 0 Å². The molecule has 0 N–H and O–H groups in total. The Kier molecular flexibility index (Phi) is 5.06. The highest BCUT2D eigenvalue weighted by molar-refractivity contribution is 4.94. The fourth-order valence-corrected chi connectivity index (χ4v) is 1.05. The summed E-state index contributed by atoms with van der Waals surface area (Å²) < 4.78 is 82.6. The van der Waals surface area contributed by atoms with Crippen molar-refractivity contribution in [3.63, 3.8) is 0 Å². The molecule has 0 atom stereocenters. The quantitative estimate of drug-likeness (QED) is 0.426. The SMILES string of the molecule is CCOCOC(CC)(C(F)(F)F)C(F)(F)F. The fourth-order valence-electron chi connectivity index (χ4n) is 1.05. The van der Waals surface area contributed by atoms with Gasteiger partial charge in [-0.15, -0.1) is 0 Å². The number of hydrogen-bond acceptors (Lipinski definition) is 2. The highest BCUT2D eigenvalue weighted by Gasteiger charge is 2.71. The van der Waals surface area contributed by atoms with Crippen LogP contribution in [0.15, 0.2) is 0 Å². The van der Waals surface area contributed by atoms with Crippen molar-refractivity contribution in [3.8, 4) is 0 Å². The second kappa shape index (κ2) is 5.22. The van der Waals surface area contributed by atoms with Crippen molar-refractivity contribution in [1.29, 1.82) is 0 Å². The van der Waals surface area contributed by atoms with Gasteiger partial charge in [-0.3, -0.25) is 0 Å². The smallest absolute Gasteiger partial charge is 0.356 e. The molecule has 0 aliphatic heterocycles. The van der Waals surface area contributed by atoms with Crippen molar-refractivity contribution in [2.75, 3.05) is 13.4 Å². The summed E-state index contributed by atoms with van der Waals surface area (Å²) in [5, 5.41) is 0. The van der Waals surface area contributed by atoms with E-state index in [4.69, 9.17) is 0 Å². The Morgan fingerprint density at radius 2 is 1.31 bits per heavy atom. The first-order valence-electron chi connectivity index (χ1n) is 4.47. The molecular weight excluding hydrogens is 242 g/mol. The van der Waals surface area contributed by atoms with Gasteiger partial charge in [0, 0.05) is 6.61 Å². The van der Waals surface area contributed by atoms with E-state index in [2.05, 4.69) is 9.47 Å². The molecule has 0 saturated heterocycles. The monoisotopic (exact) mass is 254 g/mol. The van der Waals surface area contributed by atoms with E-state index in [1.165, 1.54) is 6.92 Å². The van der Waals surface area contributed by atoms with Crippen molar-refractivity contribution in [1.82, 2.24) is 0 Å². The number of rotatable bonds is 5. The average Bonchev–Trinajstić information content (AvgIpc) is 2.08. The lowest BCUT2D eigenvalue weighted by atomic mass is 9.99. The molecule has 0 heterocycles. The van der Waals surface area contributed by atoms with E-state index >= 15 is 0 Å². The number of ether oxygens (including phenoxy) is 2. The molecule has 0 aromatic rings. The molecule has 0 aromatic heterocycles. The first kappa shape index (κ1) is 15.5. The van der Waals surface area contributed by atoms with Gasteiger partial charge in [-0.2, -0.15) is 26.3 Å². The van der Waals surface area contributed by atoms with E-state index in [-0.39, 0.29) is 6.61 Å². The summed E-state index contributed by atoms with van der Waals surface area (Å²) >= 11 is 0. The Labute approximate surface area is 88.5 Å². The van der Waals surface area contributed by atoms with Crippen LogP contribution in [-0.2, 0) is 9.47 Å². The zero-order valence-corrected chi connectivity index (χ0v) is 8.71. The van der Waals surface area contributed by atoms with Gasteiger partial charge in [0.15, 0.2) is 0 Å². The molecule has 0 saturated carbocycles. The third-order valence-corrected chi connectivity index (χ3v) is 2.01. The highest BCUT2D eigenvalue weighted by atomic mass is 19.4. The first-order valence-corrected chi connectivity index (χ1v) is 4.47. The minimum absolute atomic E-state index is 0.0322. The average molecular weight is 254 g/mol. The van der Waals surface area contributed by atoms with Crippen molar-refractivity contribution < 1.29 is 35.8 Å². The second-order valence-corrected chi connectivity index (χ2v) is 2.93. The van der Waals surface area contributed by atoms with Gasteiger partial charge in [0.25, 0.3) is 5.60 Å². The zero-order valence-electron chi connectivity index (χ0n) is 8.71. The molecular formula is C8H12F6O2. The van der Waals surface area contributed by atoms with Gasteiger partial charge < -0.3 is 9.47 Å². The van der Waals surface area contributed by atoms with E-state index in [0.717, 1.165) is 6.92 Å². The third kappa shape index (κ3) is 3.00. The Bertz CT molecular complexity index is 196. The van der Waals surface area contributed by atoms with Crippen LogP contribution in [0.2, 0.25) is 0 Å². The van der Waals surface area contributed by atoms with E-state index < -0.39 is 31.2 Å². The van der Waals surface area contributed by atoms with Gasteiger partial charge in [-0.1, -0.05) is 6.92 Å². The lowest BCUT2D eigenvalue weighted by molar-refractivity contribution is -0.393. The van der Waals surface area contributed by atoms with Crippen molar-refractivity contribution >= 4 is 0 Å². The summed E-state index contributed by atoms with van der Waals surface area (Å²) in [6, 6.07) is 0. The molecule has 0 bridgehead atoms.